The van der Waals surface area contributed by atoms with Crippen molar-refractivity contribution >= 4 is 29.0 Å². The van der Waals surface area contributed by atoms with Gasteiger partial charge in [-0.2, -0.15) is 0 Å². The molecule has 2 rings (SSSR count). The van der Waals surface area contributed by atoms with Gasteiger partial charge in [0.2, 0.25) is 5.91 Å². The summed E-state index contributed by atoms with van der Waals surface area (Å²) in [5.74, 6) is 0.222. The number of anilines is 2. The van der Waals surface area contributed by atoms with Crippen molar-refractivity contribution < 1.29 is 4.79 Å². The highest BCUT2D eigenvalue weighted by Gasteiger charge is 2.04. The molecule has 1 aromatic carbocycles. The van der Waals surface area contributed by atoms with Gasteiger partial charge in [-0.1, -0.05) is 17.8 Å². The van der Waals surface area contributed by atoms with E-state index in [1.165, 1.54) is 11.8 Å². The SMILES string of the molecule is Nc1cccc(NC(=O)CSc2ncc[nH]2)c1. The van der Waals surface area contributed by atoms with Gasteiger partial charge in [-0.25, -0.2) is 4.98 Å². The van der Waals surface area contributed by atoms with Crippen molar-refractivity contribution in [3.05, 3.63) is 36.7 Å². The first kappa shape index (κ1) is 11.5. The molecule has 5 nitrogen and oxygen atoms in total. The normalized spacial score (nSPS) is 10.1. The van der Waals surface area contributed by atoms with Crippen molar-refractivity contribution in [2.75, 3.05) is 16.8 Å². The Morgan fingerprint density at radius 2 is 2.41 bits per heavy atom. The lowest BCUT2D eigenvalue weighted by Gasteiger charge is -2.04. The van der Waals surface area contributed by atoms with Gasteiger partial charge in [-0.3, -0.25) is 4.79 Å². The number of hydrogen-bond donors (Lipinski definition) is 3. The lowest BCUT2D eigenvalue weighted by atomic mass is 10.3. The Kier molecular flexibility index (Phi) is 3.66. The number of benzene rings is 1. The van der Waals surface area contributed by atoms with Crippen molar-refractivity contribution in [1.29, 1.82) is 0 Å². The van der Waals surface area contributed by atoms with Crippen LogP contribution in [0.25, 0.3) is 0 Å². The number of nitrogen functional groups attached to an aromatic ring is 1. The van der Waals surface area contributed by atoms with Crippen LogP contribution in [0.15, 0.2) is 41.8 Å². The number of nitrogens with two attached hydrogens (primary N) is 1. The molecule has 1 aromatic heterocycles. The highest BCUT2D eigenvalue weighted by molar-refractivity contribution is 7.99. The van der Waals surface area contributed by atoms with Gasteiger partial charge >= 0.3 is 0 Å². The van der Waals surface area contributed by atoms with Crippen LogP contribution in [-0.4, -0.2) is 21.6 Å². The molecule has 0 unspecified atom stereocenters. The van der Waals surface area contributed by atoms with E-state index in [4.69, 9.17) is 5.73 Å². The zero-order valence-electron chi connectivity index (χ0n) is 9.01. The first-order valence-electron chi connectivity index (χ1n) is 5.01. The number of thioether (sulfide) groups is 1. The summed E-state index contributed by atoms with van der Waals surface area (Å²) in [6.07, 6.45) is 3.37. The fraction of sp³-hybridized carbons (Fsp3) is 0.0909. The number of hydrogen-bond acceptors (Lipinski definition) is 4. The molecule has 0 saturated heterocycles. The van der Waals surface area contributed by atoms with E-state index < -0.39 is 0 Å². The van der Waals surface area contributed by atoms with Gasteiger partial charge in [-0.15, -0.1) is 0 Å². The molecule has 0 fully saturated rings. The number of H-pyrrole nitrogens is 1. The van der Waals surface area contributed by atoms with Gasteiger partial charge in [0.1, 0.15) is 0 Å². The first-order valence-corrected chi connectivity index (χ1v) is 6.00. The van der Waals surface area contributed by atoms with E-state index in [2.05, 4.69) is 15.3 Å². The number of nitrogens with zero attached hydrogens (tertiary/aromatic N) is 1. The van der Waals surface area contributed by atoms with Crippen molar-refractivity contribution in [2.45, 2.75) is 5.16 Å². The molecule has 0 radical (unpaired) electrons. The molecule has 0 spiro atoms. The van der Waals surface area contributed by atoms with Gasteiger partial charge in [-0.05, 0) is 18.2 Å². The van der Waals surface area contributed by atoms with Crippen LogP contribution in [0.3, 0.4) is 0 Å². The number of carbonyl (C=O) groups is 1. The number of rotatable bonds is 4. The van der Waals surface area contributed by atoms with E-state index in [0.717, 1.165) is 5.16 Å². The largest absolute Gasteiger partial charge is 0.399 e. The lowest BCUT2D eigenvalue weighted by Crippen LogP contribution is -2.14. The van der Waals surface area contributed by atoms with Gasteiger partial charge in [0.25, 0.3) is 0 Å². The molecule has 2 aromatic rings. The number of nitrogens with one attached hydrogen (secondary N) is 2. The third kappa shape index (κ3) is 3.53. The van der Waals surface area contributed by atoms with Gasteiger partial charge in [0.15, 0.2) is 5.16 Å². The maximum Gasteiger partial charge on any atom is 0.234 e. The topological polar surface area (TPSA) is 83.8 Å². The van der Waals surface area contributed by atoms with Crippen LogP contribution in [0.2, 0.25) is 0 Å². The molecule has 6 heteroatoms. The van der Waals surface area contributed by atoms with Crippen molar-refractivity contribution in [3.8, 4) is 0 Å². The Hall–Kier alpha value is -1.95. The molecular formula is C11H12N4OS. The molecule has 1 amide bonds. The Labute approximate surface area is 103 Å². The quantitative estimate of drug-likeness (QED) is 0.568. The molecule has 0 aliphatic heterocycles. The first-order chi connectivity index (χ1) is 8.24. The highest BCUT2D eigenvalue weighted by Crippen LogP contribution is 2.14. The van der Waals surface area contributed by atoms with Crippen LogP contribution >= 0.6 is 11.8 Å². The summed E-state index contributed by atoms with van der Waals surface area (Å²) in [6.45, 7) is 0. The summed E-state index contributed by atoms with van der Waals surface area (Å²) in [7, 11) is 0. The zero-order chi connectivity index (χ0) is 12.1. The minimum Gasteiger partial charge on any atom is -0.399 e. The average Bonchev–Trinajstić information content (AvgIpc) is 2.79. The maximum atomic E-state index is 11.6. The minimum atomic E-state index is -0.0861. The predicted octanol–water partition coefficient (Wildman–Crippen LogP) is 1.72. The number of carbonyl (C=O) groups excluding carboxylic acids is 1. The van der Waals surface area contributed by atoms with E-state index >= 15 is 0 Å². The van der Waals surface area contributed by atoms with Gasteiger partial charge in [0, 0.05) is 23.8 Å². The third-order valence-corrected chi connectivity index (χ3v) is 2.89. The monoisotopic (exact) mass is 248 g/mol. The van der Waals surface area contributed by atoms with E-state index in [1.807, 2.05) is 0 Å². The minimum absolute atomic E-state index is 0.0861. The lowest BCUT2D eigenvalue weighted by molar-refractivity contribution is -0.113. The van der Waals surface area contributed by atoms with Gasteiger partial charge in [0.05, 0.1) is 5.75 Å². The Morgan fingerprint density at radius 1 is 1.53 bits per heavy atom. The van der Waals surface area contributed by atoms with Crippen molar-refractivity contribution in [2.24, 2.45) is 0 Å². The summed E-state index contributed by atoms with van der Waals surface area (Å²) in [4.78, 5) is 18.5. The van der Waals surface area contributed by atoms with E-state index in [1.54, 1.807) is 36.7 Å². The van der Waals surface area contributed by atoms with Crippen LogP contribution in [-0.2, 0) is 4.79 Å². The van der Waals surface area contributed by atoms with E-state index in [-0.39, 0.29) is 5.91 Å². The fourth-order valence-corrected chi connectivity index (χ4v) is 1.90. The van der Waals surface area contributed by atoms with Crippen LogP contribution in [0.4, 0.5) is 11.4 Å². The summed E-state index contributed by atoms with van der Waals surface area (Å²) in [5, 5.41) is 3.49. The Bertz CT molecular complexity index is 498. The smallest absolute Gasteiger partial charge is 0.234 e. The summed E-state index contributed by atoms with van der Waals surface area (Å²) >= 11 is 1.35. The molecule has 0 bridgehead atoms. The van der Waals surface area contributed by atoms with Gasteiger partial charge < -0.3 is 16.0 Å². The number of imidazole rings is 1. The van der Waals surface area contributed by atoms with Crippen molar-refractivity contribution in [1.82, 2.24) is 9.97 Å². The average molecular weight is 248 g/mol. The number of amides is 1. The Balaban J connectivity index is 1.85. The molecule has 17 heavy (non-hydrogen) atoms. The summed E-state index contributed by atoms with van der Waals surface area (Å²) < 4.78 is 0. The maximum absolute atomic E-state index is 11.6. The number of aromatic nitrogens is 2. The predicted molar refractivity (Wildman–Crippen MR) is 68.8 cm³/mol. The van der Waals surface area contributed by atoms with Crippen LogP contribution < -0.4 is 11.1 Å². The van der Waals surface area contributed by atoms with Crippen LogP contribution in [0.1, 0.15) is 0 Å². The molecule has 4 N–H and O–H groups in total. The van der Waals surface area contributed by atoms with Crippen LogP contribution in [0, 0.1) is 0 Å². The number of aromatic amines is 1. The zero-order valence-corrected chi connectivity index (χ0v) is 9.83. The molecule has 0 aliphatic carbocycles. The molecule has 1 heterocycles. The molecule has 0 atom stereocenters. The fourth-order valence-electron chi connectivity index (χ4n) is 1.28. The Morgan fingerprint density at radius 3 is 3.12 bits per heavy atom. The highest BCUT2D eigenvalue weighted by atomic mass is 32.2. The molecule has 0 aliphatic rings. The van der Waals surface area contributed by atoms with E-state index in [9.17, 15) is 4.79 Å². The molecular weight excluding hydrogens is 236 g/mol. The summed E-state index contributed by atoms with van der Waals surface area (Å²) in [6, 6.07) is 7.08. The second kappa shape index (κ2) is 5.40. The standard InChI is InChI=1S/C11H12N4OS/c12-8-2-1-3-9(6-8)15-10(16)7-17-11-13-4-5-14-11/h1-6H,7,12H2,(H,13,14)(H,15,16). The third-order valence-electron chi connectivity index (χ3n) is 1.98. The van der Waals surface area contributed by atoms with Crippen molar-refractivity contribution in [3.63, 3.8) is 0 Å². The van der Waals surface area contributed by atoms with E-state index in [0.29, 0.717) is 17.1 Å². The molecule has 0 saturated carbocycles. The second-order valence-corrected chi connectivity index (χ2v) is 4.32. The second-order valence-electron chi connectivity index (χ2n) is 3.36. The molecule has 88 valence electrons. The van der Waals surface area contributed by atoms with Crippen LogP contribution in [0.5, 0.6) is 0 Å². The summed E-state index contributed by atoms with van der Waals surface area (Å²) in [5.41, 5.74) is 6.94.